The molecule has 8 nitrogen and oxygen atoms in total. The van der Waals surface area contributed by atoms with Crippen LogP contribution in [0.1, 0.15) is 65.2 Å². The minimum atomic E-state index is -6.28. The highest BCUT2D eigenvalue weighted by Gasteiger charge is 2.71. The van der Waals surface area contributed by atoms with Crippen LogP contribution in [0.15, 0.2) is 41.3 Å². The zero-order valence-corrected chi connectivity index (χ0v) is 26.9. The van der Waals surface area contributed by atoms with Crippen molar-refractivity contribution in [2.45, 2.75) is 88.9 Å². The van der Waals surface area contributed by atoms with Crippen molar-refractivity contribution in [3.05, 3.63) is 58.9 Å². The highest BCUT2D eigenvalue weighted by Crippen LogP contribution is 2.52. The van der Waals surface area contributed by atoms with Gasteiger partial charge in [-0.15, -0.1) is 0 Å². The summed E-state index contributed by atoms with van der Waals surface area (Å²) >= 11 is 0. The second-order valence-corrected chi connectivity index (χ2v) is 15.2. The number of ether oxygens (including phenoxy) is 1. The predicted octanol–water partition coefficient (Wildman–Crippen LogP) is 6.60. The van der Waals surface area contributed by atoms with Crippen molar-refractivity contribution in [1.29, 1.82) is 0 Å². The highest BCUT2D eigenvalue weighted by molar-refractivity contribution is 7.91. The molecule has 1 aliphatic rings. The fourth-order valence-corrected chi connectivity index (χ4v) is 6.45. The number of hydrogen-bond donors (Lipinski definition) is 2. The van der Waals surface area contributed by atoms with E-state index < -0.39 is 73.4 Å². The second-order valence-electron chi connectivity index (χ2n) is 12.9. The summed E-state index contributed by atoms with van der Waals surface area (Å²) in [6, 6.07) is 4.35. The number of alkyl halides is 6. The Hall–Kier alpha value is -3.40. The normalized spacial score (nSPS) is 18.2. The lowest BCUT2D eigenvalue weighted by atomic mass is 9.64. The lowest BCUT2D eigenvalue weighted by Crippen LogP contribution is -2.66. The van der Waals surface area contributed by atoms with Crippen molar-refractivity contribution in [3.8, 4) is 0 Å². The number of amides is 2. The molecule has 1 unspecified atom stereocenters. The Morgan fingerprint density at radius 3 is 1.98 bits per heavy atom. The van der Waals surface area contributed by atoms with Crippen LogP contribution in [0, 0.1) is 11.2 Å². The summed E-state index contributed by atoms with van der Waals surface area (Å²) in [5.41, 5.74) is -12.1. The van der Waals surface area contributed by atoms with Gasteiger partial charge in [0.1, 0.15) is 11.4 Å². The maximum atomic E-state index is 15.3. The number of fused-ring (bicyclic) bond motifs is 1. The maximum Gasteiger partial charge on any atom is 0.430 e. The maximum absolute atomic E-state index is 15.3. The molecule has 0 saturated heterocycles. The molecule has 0 aliphatic carbocycles. The summed E-state index contributed by atoms with van der Waals surface area (Å²) in [7, 11) is -3.71. The summed E-state index contributed by atoms with van der Waals surface area (Å²) < 4.78 is 127. The van der Waals surface area contributed by atoms with E-state index in [1.54, 1.807) is 41.5 Å². The average molecular weight is 685 g/mol. The van der Waals surface area contributed by atoms with Crippen LogP contribution < -0.4 is 5.32 Å². The Morgan fingerprint density at radius 2 is 1.52 bits per heavy atom. The van der Waals surface area contributed by atoms with Gasteiger partial charge in [-0.3, -0.25) is 9.69 Å². The molecular formula is C30H35F7N2O6S. The largest absolute Gasteiger partial charge is 0.444 e. The standard InChI is InChI=1S/C30H35F7N2O6S/c1-8-46(43,44)19-10-11-20-17(15-19)13-14-39(24(41)45-26(5,6)7)27(20,25(2,3)4)23(40)38-22-12-9-18(16-21(22)31)28(42,29(32,33)34)30(35,36)37/h9-12,15-16,42H,8,13-14H2,1-7H3,(H,38,40). The average Bonchev–Trinajstić information content (AvgIpc) is 2.89. The summed E-state index contributed by atoms with van der Waals surface area (Å²) in [5.74, 6) is -3.09. The topological polar surface area (TPSA) is 113 Å². The first-order chi connectivity index (χ1) is 20.6. The van der Waals surface area contributed by atoms with Gasteiger partial charge >= 0.3 is 18.4 Å². The van der Waals surface area contributed by atoms with Gasteiger partial charge in [-0.25, -0.2) is 17.6 Å². The summed E-state index contributed by atoms with van der Waals surface area (Å²) in [6.45, 7) is 10.6. The Labute approximate surface area is 261 Å². The van der Waals surface area contributed by atoms with Crippen LogP contribution in [0.25, 0.3) is 0 Å². The molecule has 46 heavy (non-hydrogen) atoms. The first-order valence-electron chi connectivity index (χ1n) is 14.0. The third-order valence-electron chi connectivity index (χ3n) is 7.70. The van der Waals surface area contributed by atoms with E-state index >= 15 is 4.39 Å². The van der Waals surface area contributed by atoms with E-state index in [-0.39, 0.29) is 41.3 Å². The Balaban J connectivity index is 2.27. The van der Waals surface area contributed by atoms with E-state index in [4.69, 9.17) is 4.74 Å². The van der Waals surface area contributed by atoms with Crippen LogP contribution in [0.5, 0.6) is 0 Å². The van der Waals surface area contributed by atoms with Crippen molar-refractivity contribution in [1.82, 2.24) is 4.90 Å². The lowest BCUT2D eigenvalue weighted by Gasteiger charge is -2.53. The van der Waals surface area contributed by atoms with Crippen LogP contribution in [0.3, 0.4) is 0 Å². The van der Waals surface area contributed by atoms with E-state index in [1.807, 2.05) is 0 Å². The summed E-state index contributed by atoms with van der Waals surface area (Å²) in [5, 5.41) is 11.9. The molecular weight excluding hydrogens is 649 g/mol. The van der Waals surface area contributed by atoms with Gasteiger partial charge in [0.05, 0.1) is 16.3 Å². The van der Waals surface area contributed by atoms with E-state index in [1.165, 1.54) is 25.1 Å². The molecule has 0 fully saturated rings. The van der Waals surface area contributed by atoms with Gasteiger partial charge in [-0.2, -0.15) is 26.3 Å². The minimum Gasteiger partial charge on any atom is -0.444 e. The van der Waals surface area contributed by atoms with Gasteiger partial charge < -0.3 is 15.2 Å². The second kappa shape index (κ2) is 11.7. The van der Waals surface area contributed by atoms with Crippen LogP contribution in [-0.2, 0) is 36.9 Å². The van der Waals surface area contributed by atoms with Gasteiger partial charge in [-0.1, -0.05) is 39.8 Å². The first kappa shape index (κ1) is 37.1. The van der Waals surface area contributed by atoms with Crippen molar-refractivity contribution in [2.75, 3.05) is 17.6 Å². The van der Waals surface area contributed by atoms with Crippen LogP contribution in [0.4, 0.5) is 41.2 Å². The monoisotopic (exact) mass is 684 g/mol. The fraction of sp³-hybridized carbons (Fsp3) is 0.533. The van der Waals surface area contributed by atoms with Gasteiger partial charge in [0.25, 0.3) is 11.5 Å². The molecule has 1 atom stereocenters. The number of rotatable bonds is 5. The van der Waals surface area contributed by atoms with Gasteiger partial charge in [0.15, 0.2) is 15.4 Å². The summed E-state index contributed by atoms with van der Waals surface area (Å²) in [4.78, 5) is 29.1. The molecule has 2 N–H and O–H groups in total. The molecule has 1 heterocycles. The lowest BCUT2D eigenvalue weighted by molar-refractivity contribution is -0.376. The number of anilines is 1. The number of carbonyl (C=O) groups is 2. The van der Waals surface area contributed by atoms with E-state index in [0.717, 1.165) is 4.90 Å². The van der Waals surface area contributed by atoms with Crippen LogP contribution >= 0.6 is 0 Å². The third-order valence-corrected chi connectivity index (χ3v) is 9.43. The molecule has 16 heteroatoms. The zero-order chi connectivity index (χ0) is 35.5. The number of sulfone groups is 1. The number of carbonyl (C=O) groups excluding carboxylic acids is 2. The van der Waals surface area contributed by atoms with Gasteiger partial charge in [0.2, 0.25) is 0 Å². The Kier molecular flexibility index (Phi) is 9.42. The molecule has 1 aliphatic heterocycles. The molecule has 0 aromatic heterocycles. The number of benzene rings is 2. The van der Waals surface area contributed by atoms with E-state index in [2.05, 4.69) is 5.32 Å². The molecule has 2 aromatic rings. The first-order valence-corrected chi connectivity index (χ1v) is 15.6. The van der Waals surface area contributed by atoms with Crippen molar-refractivity contribution < 1.29 is 58.6 Å². The van der Waals surface area contributed by atoms with Crippen molar-refractivity contribution in [2.24, 2.45) is 5.41 Å². The van der Waals surface area contributed by atoms with Gasteiger partial charge in [0, 0.05) is 12.1 Å². The molecule has 0 radical (unpaired) electrons. The zero-order valence-electron chi connectivity index (χ0n) is 26.1. The van der Waals surface area contributed by atoms with Crippen LogP contribution in [0.2, 0.25) is 0 Å². The van der Waals surface area contributed by atoms with E-state index in [9.17, 15) is 49.5 Å². The molecule has 2 amide bonds. The number of hydrogen-bond acceptors (Lipinski definition) is 6. The minimum absolute atomic E-state index is 0.0499. The molecule has 256 valence electrons. The SMILES string of the molecule is CCS(=O)(=O)c1ccc2c(c1)CCN(C(=O)OC(C)(C)C)C2(C(=O)Nc1ccc(C(O)(C(F)(F)F)C(F)(F)F)cc1F)C(C)(C)C. The Bertz CT molecular complexity index is 1610. The highest BCUT2D eigenvalue weighted by atomic mass is 32.2. The fourth-order valence-electron chi connectivity index (χ4n) is 5.52. The third kappa shape index (κ3) is 6.29. The van der Waals surface area contributed by atoms with Crippen molar-refractivity contribution >= 4 is 27.5 Å². The number of aliphatic hydroxyl groups is 1. The molecule has 2 aromatic carbocycles. The Morgan fingerprint density at radius 1 is 0.957 bits per heavy atom. The summed E-state index contributed by atoms with van der Waals surface area (Å²) in [6.07, 6.45) is -13.4. The molecule has 0 spiro atoms. The number of nitrogens with one attached hydrogen (secondary N) is 1. The van der Waals surface area contributed by atoms with E-state index in [0.29, 0.717) is 11.6 Å². The quantitative estimate of drug-likeness (QED) is 0.343. The smallest absolute Gasteiger partial charge is 0.430 e. The number of halogens is 7. The van der Waals surface area contributed by atoms with Crippen molar-refractivity contribution in [3.63, 3.8) is 0 Å². The van der Waals surface area contributed by atoms with Gasteiger partial charge in [-0.05, 0) is 68.0 Å². The number of nitrogens with zero attached hydrogens (tertiary/aromatic N) is 1. The van der Waals surface area contributed by atoms with Crippen LogP contribution in [-0.4, -0.2) is 60.7 Å². The molecule has 0 bridgehead atoms. The predicted molar refractivity (Wildman–Crippen MR) is 153 cm³/mol. The molecule has 3 rings (SSSR count). The molecule has 0 saturated carbocycles.